The second kappa shape index (κ2) is 4.59. The highest BCUT2D eigenvalue weighted by Gasteiger charge is 2.32. The van der Waals surface area contributed by atoms with Crippen LogP contribution in [0.15, 0.2) is 36.7 Å². The number of primary amides is 1. The fourth-order valence-electron chi connectivity index (χ4n) is 2.87. The first-order valence-corrected chi connectivity index (χ1v) is 7.14. The molecule has 3 aromatic rings. The Morgan fingerprint density at radius 1 is 1.32 bits per heavy atom. The van der Waals surface area contributed by atoms with E-state index in [-0.39, 0.29) is 6.04 Å². The number of carbonyl (C=O) groups excluding carboxylic acids is 1. The van der Waals surface area contributed by atoms with Gasteiger partial charge in [-0.05, 0) is 12.1 Å². The van der Waals surface area contributed by atoms with Crippen LogP contribution in [0.5, 0.6) is 0 Å². The van der Waals surface area contributed by atoms with Crippen molar-refractivity contribution in [2.24, 2.45) is 12.8 Å². The van der Waals surface area contributed by atoms with Crippen LogP contribution in [-0.4, -0.2) is 38.3 Å². The molecule has 1 amide bonds. The van der Waals surface area contributed by atoms with E-state index in [0.29, 0.717) is 5.56 Å². The highest BCUT2D eigenvalue weighted by molar-refractivity contribution is 5.92. The number of amides is 1. The van der Waals surface area contributed by atoms with Gasteiger partial charge in [0.1, 0.15) is 0 Å². The molecule has 3 heterocycles. The largest absolute Gasteiger partial charge is 0.366 e. The van der Waals surface area contributed by atoms with Gasteiger partial charge >= 0.3 is 0 Å². The number of rotatable bonds is 3. The molecule has 0 unspecified atom stereocenters. The molecule has 22 heavy (non-hydrogen) atoms. The van der Waals surface area contributed by atoms with E-state index in [1.54, 1.807) is 10.9 Å². The summed E-state index contributed by atoms with van der Waals surface area (Å²) in [4.78, 5) is 18.0. The fraction of sp³-hybridized carbons (Fsp3) is 0.267. The van der Waals surface area contributed by atoms with Crippen LogP contribution in [0.1, 0.15) is 16.4 Å². The molecule has 0 bridgehead atoms. The average molecular weight is 296 g/mol. The van der Waals surface area contributed by atoms with Gasteiger partial charge in [-0.25, -0.2) is 4.98 Å². The lowest BCUT2D eigenvalue weighted by atomic mass is 10.1. The topological polar surface area (TPSA) is 82.0 Å². The normalized spacial score (nSPS) is 15.2. The molecule has 1 fully saturated rings. The minimum absolute atomic E-state index is 0.243. The number of benzene rings is 1. The maximum absolute atomic E-state index is 11.1. The summed E-state index contributed by atoms with van der Waals surface area (Å²) in [7, 11) is 2.02. The molecule has 1 saturated heterocycles. The maximum atomic E-state index is 11.1. The molecule has 1 aromatic carbocycles. The number of hydrogen-bond acceptors (Lipinski definition) is 4. The van der Waals surface area contributed by atoms with Crippen molar-refractivity contribution in [3.63, 3.8) is 0 Å². The van der Waals surface area contributed by atoms with Gasteiger partial charge in [-0.1, -0.05) is 12.1 Å². The van der Waals surface area contributed by atoms with E-state index in [1.807, 2.05) is 25.2 Å². The molecule has 0 aliphatic carbocycles. The van der Waals surface area contributed by atoms with E-state index in [9.17, 15) is 4.79 Å². The summed E-state index contributed by atoms with van der Waals surface area (Å²) in [5.74, 6) is 0.512. The molecule has 0 spiro atoms. The number of nitrogens with two attached hydrogens (primary N) is 1. The molecule has 1 aliphatic rings. The Labute approximate surface area is 126 Å². The molecular weight excluding hydrogens is 280 g/mol. The van der Waals surface area contributed by atoms with Crippen LogP contribution in [0.25, 0.3) is 11.0 Å². The molecule has 0 atom stereocenters. The Bertz CT molecular complexity index is 858. The van der Waals surface area contributed by atoms with Crippen LogP contribution in [0.3, 0.4) is 0 Å². The van der Waals surface area contributed by atoms with Crippen LogP contribution in [0, 0.1) is 0 Å². The van der Waals surface area contributed by atoms with Gasteiger partial charge in [-0.15, -0.1) is 0 Å². The number of aromatic nitrogens is 4. The first-order valence-electron chi connectivity index (χ1n) is 7.14. The number of imidazole rings is 1. The van der Waals surface area contributed by atoms with Crippen molar-refractivity contribution in [1.82, 2.24) is 19.3 Å². The Morgan fingerprint density at radius 3 is 2.77 bits per heavy atom. The third-order valence-electron chi connectivity index (χ3n) is 4.17. The van der Waals surface area contributed by atoms with Gasteiger partial charge in [0.2, 0.25) is 5.95 Å². The zero-order valence-corrected chi connectivity index (χ0v) is 12.2. The zero-order valence-electron chi connectivity index (χ0n) is 12.2. The van der Waals surface area contributed by atoms with E-state index in [0.717, 1.165) is 30.1 Å². The van der Waals surface area contributed by atoms with Crippen LogP contribution in [0.4, 0.5) is 5.95 Å². The Balaban J connectivity index is 1.54. The van der Waals surface area contributed by atoms with Gasteiger partial charge in [-0.2, -0.15) is 5.10 Å². The van der Waals surface area contributed by atoms with Crippen LogP contribution in [0.2, 0.25) is 0 Å². The minimum Gasteiger partial charge on any atom is -0.366 e. The summed E-state index contributed by atoms with van der Waals surface area (Å²) >= 11 is 0. The van der Waals surface area contributed by atoms with Crippen molar-refractivity contribution in [3.8, 4) is 0 Å². The van der Waals surface area contributed by atoms with Crippen molar-refractivity contribution in [3.05, 3.63) is 42.2 Å². The number of carbonyl (C=O) groups is 1. The third kappa shape index (κ3) is 1.86. The van der Waals surface area contributed by atoms with Crippen LogP contribution in [-0.2, 0) is 7.05 Å². The van der Waals surface area contributed by atoms with Crippen molar-refractivity contribution < 1.29 is 4.79 Å². The Hall–Kier alpha value is -2.83. The van der Waals surface area contributed by atoms with E-state index in [1.165, 1.54) is 6.20 Å². The average Bonchev–Trinajstić information content (AvgIpc) is 3.05. The molecule has 7 nitrogen and oxygen atoms in total. The van der Waals surface area contributed by atoms with E-state index >= 15 is 0 Å². The second-order valence-electron chi connectivity index (χ2n) is 5.59. The summed E-state index contributed by atoms with van der Waals surface area (Å²) in [6, 6.07) is 8.33. The first kappa shape index (κ1) is 12.9. The number of fused-ring (bicyclic) bond motifs is 1. The summed E-state index contributed by atoms with van der Waals surface area (Å²) in [6.07, 6.45) is 3.22. The van der Waals surface area contributed by atoms with Crippen LogP contribution >= 0.6 is 0 Å². The second-order valence-corrected chi connectivity index (χ2v) is 5.59. The number of hydrogen-bond donors (Lipinski definition) is 1. The summed E-state index contributed by atoms with van der Waals surface area (Å²) in [6.45, 7) is 1.63. The van der Waals surface area contributed by atoms with E-state index in [2.05, 4.69) is 25.6 Å². The number of anilines is 1. The molecule has 2 N–H and O–H groups in total. The van der Waals surface area contributed by atoms with Crippen molar-refractivity contribution in [2.45, 2.75) is 6.04 Å². The molecule has 112 valence electrons. The summed E-state index contributed by atoms with van der Waals surface area (Å²) in [5.41, 5.74) is 7.82. The lowest BCUT2D eigenvalue weighted by molar-refractivity contribution is 0.1000. The molecular formula is C15H16N6O. The molecule has 2 aromatic heterocycles. The molecule has 1 aliphatic heterocycles. The number of nitrogens with zero attached hydrogens (tertiary/aromatic N) is 5. The van der Waals surface area contributed by atoms with Crippen molar-refractivity contribution >= 4 is 22.9 Å². The van der Waals surface area contributed by atoms with Crippen molar-refractivity contribution in [1.29, 1.82) is 0 Å². The predicted octanol–water partition coefficient (Wildman–Crippen LogP) is 0.930. The summed E-state index contributed by atoms with van der Waals surface area (Å²) < 4.78 is 3.91. The monoisotopic (exact) mass is 296 g/mol. The van der Waals surface area contributed by atoms with Gasteiger partial charge in [0.05, 0.1) is 28.8 Å². The number of para-hydroxylation sites is 2. The molecule has 0 radical (unpaired) electrons. The maximum Gasteiger partial charge on any atom is 0.251 e. The molecule has 4 rings (SSSR count). The van der Waals surface area contributed by atoms with E-state index < -0.39 is 5.91 Å². The van der Waals surface area contributed by atoms with Gasteiger partial charge in [-0.3, -0.25) is 9.48 Å². The van der Waals surface area contributed by atoms with Gasteiger partial charge in [0.15, 0.2) is 0 Å². The van der Waals surface area contributed by atoms with E-state index in [4.69, 9.17) is 5.73 Å². The first-order chi connectivity index (χ1) is 10.6. The summed E-state index contributed by atoms with van der Waals surface area (Å²) in [5, 5.41) is 4.21. The third-order valence-corrected chi connectivity index (χ3v) is 4.17. The Morgan fingerprint density at radius 2 is 2.09 bits per heavy atom. The van der Waals surface area contributed by atoms with Gasteiger partial charge in [0, 0.05) is 26.3 Å². The molecule has 7 heteroatoms. The smallest absolute Gasteiger partial charge is 0.251 e. The van der Waals surface area contributed by atoms with Gasteiger partial charge in [0.25, 0.3) is 5.91 Å². The predicted molar refractivity (Wildman–Crippen MR) is 82.7 cm³/mol. The fourth-order valence-corrected chi connectivity index (χ4v) is 2.87. The highest BCUT2D eigenvalue weighted by atomic mass is 16.1. The lowest BCUT2D eigenvalue weighted by Crippen LogP contribution is -2.49. The SMILES string of the molecule is Cn1c(N2CC(n3cc(C(N)=O)cn3)C2)nc2ccccc21. The zero-order chi connectivity index (χ0) is 15.3. The standard InChI is InChI=1S/C15H16N6O/c1-19-13-5-3-2-4-12(13)18-15(19)20-8-11(9-20)21-7-10(6-17-21)14(16)22/h2-7,11H,8-9H2,1H3,(H2,16,22). The minimum atomic E-state index is -0.446. The quantitative estimate of drug-likeness (QED) is 0.779. The van der Waals surface area contributed by atoms with Crippen LogP contribution < -0.4 is 10.6 Å². The molecule has 0 saturated carbocycles. The van der Waals surface area contributed by atoms with Gasteiger partial charge < -0.3 is 15.2 Å². The highest BCUT2D eigenvalue weighted by Crippen LogP contribution is 2.29. The Kier molecular flexibility index (Phi) is 2.69. The van der Waals surface area contributed by atoms with Crippen molar-refractivity contribution in [2.75, 3.05) is 18.0 Å². The number of aryl methyl sites for hydroxylation is 1. The lowest BCUT2D eigenvalue weighted by Gasteiger charge is -2.39.